The predicted molar refractivity (Wildman–Crippen MR) is 78.4 cm³/mol. The second-order valence-electron chi connectivity index (χ2n) is 6.04. The maximum atomic E-state index is 10.0. The van der Waals surface area contributed by atoms with Crippen molar-refractivity contribution >= 4 is 13.3 Å². The fraction of sp³-hybridized carbons (Fsp3) is 0.600. The van der Waals surface area contributed by atoms with Gasteiger partial charge in [0.05, 0.1) is 14.2 Å². The lowest BCUT2D eigenvalue weighted by Crippen LogP contribution is -2.46. The standard InChI is InChI=1S/C15H26OSi/c1-12(2)15(16)11-13(3)17(4,5)14-9-7-6-8-10-14/h6-10,12-13,15-16H,11H2,1-5H3/t13-,15-/m1/s1. The zero-order chi connectivity index (χ0) is 13.1. The second-order valence-corrected chi connectivity index (χ2v) is 11.0. The highest BCUT2D eigenvalue weighted by atomic mass is 28.3. The Labute approximate surface area is 107 Å². The highest BCUT2D eigenvalue weighted by Gasteiger charge is 2.31. The molecule has 0 saturated heterocycles. The highest BCUT2D eigenvalue weighted by Crippen LogP contribution is 2.28. The molecule has 0 saturated carbocycles. The minimum absolute atomic E-state index is 0.166. The molecule has 96 valence electrons. The van der Waals surface area contributed by atoms with Crippen molar-refractivity contribution in [2.45, 2.75) is 51.9 Å². The highest BCUT2D eigenvalue weighted by molar-refractivity contribution is 6.90. The van der Waals surface area contributed by atoms with Crippen LogP contribution in [0.1, 0.15) is 27.2 Å². The predicted octanol–water partition coefficient (Wildman–Crippen LogP) is 3.40. The van der Waals surface area contributed by atoms with E-state index in [1.54, 1.807) is 0 Å². The summed E-state index contributed by atoms with van der Waals surface area (Å²) in [6.07, 6.45) is 0.756. The third kappa shape index (κ3) is 3.68. The lowest BCUT2D eigenvalue weighted by atomic mass is 10.0. The van der Waals surface area contributed by atoms with Crippen molar-refractivity contribution in [1.29, 1.82) is 0 Å². The summed E-state index contributed by atoms with van der Waals surface area (Å²) in [6, 6.07) is 10.8. The van der Waals surface area contributed by atoms with Crippen molar-refractivity contribution < 1.29 is 5.11 Å². The maximum Gasteiger partial charge on any atom is 0.0835 e. The van der Waals surface area contributed by atoms with Gasteiger partial charge in [-0.2, -0.15) is 0 Å². The van der Waals surface area contributed by atoms with Crippen molar-refractivity contribution in [3.05, 3.63) is 30.3 Å². The molecule has 2 atom stereocenters. The first-order chi connectivity index (χ1) is 7.85. The number of benzene rings is 1. The van der Waals surface area contributed by atoms with Crippen LogP contribution in [0.3, 0.4) is 0 Å². The molecule has 0 unspecified atom stereocenters. The zero-order valence-electron chi connectivity index (χ0n) is 11.8. The minimum Gasteiger partial charge on any atom is -0.393 e. The normalized spacial score (nSPS) is 15.9. The van der Waals surface area contributed by atoms with Gasteiger partial charge >= 0.3 is 0 Å². The summed E-state index contributed by atoms with van der Waals surface area (Å²) in [5.41, 5.74) is 0.599. The Balaban J connectivity index is 2.77. The van der Waals surface area contributed by atoms with E-state index in [4.69, 9.17) is 0 Å². The number of hydrogen-bond donors (Lipinski definition) is 1. The number of aliphatic hydroxyl groups excluding tert-OH is 1. The Hall–Kier alpha value is -0.603. The summed E-state index contributed by atoms with van der Waals surface area (Å²) in [4.78, 5) is 0. The average Bonchev–Trinajstić information content (AvgIpc) is 2.29. The molecule has 0 bridgehead atoms. The van der Waals surface area contributed by atoms with E-state index in [0.717, 1.165) is 6.42 Å². The van der Waals surface area contributed by atoms with Gasteiger partial charge in [0.2, 0.25) is 0 Å². The molecule has 1 N–H and O–H groups in total. The van der Waals surface area contributed by atoms with Crippen LogP contribution in [0.5, 0.6) is 0 Å². The van der Waals surface area contributed by atoms with E-state index < -0.39 is 8.07 Å². The molecule has 0 aromatic heterocycles. The average molecular weight is 250 g/mol. The number of rotatable bonds is 5. The van der Waals surface area contributed by atoms with Gasteiger partial charge in [-0.1, -0.05) is 69.4 Å². The van der Waals surface area contributed by atoms with Crippen LogP contribution in [-0.2, 0) is 0 Å². The van der Waals surface area contributed by atoms with Gasteiger partial charge in [-0.25, -0.2) is 0 Å². The van der Waals surface area contributed by atoms with E-state index in [1.807, 2.05) is 0 Å². The van der Waals surface area contributed by atoms with Crippen molar-refractivity contribution in [3.8, 4) is 0 Å². The molecule has 2 heteroatoms. The smallest absolute Gasteiger partial charge is 0.0835 e. The lowest BCUT2D eigenvalue weighted by Gasteiger charge is -2.32. The van der Waals surface area contributed by atoms with Crippen LogP contribution in [0.25, 0.3) is 0 Å². The molecular weight excluding hydrogens is 224 g/mol. The van der Waals surface area contributed by atoms with Gasteiger partial charge in [-0.3, -0.25) is 0 Å². The molecule has 1 rings (SSSR count). The number of hydrogen-bond acceptors (Lipinski definition) is 1. The van der Waals surface area contributed by atoms with Crippen molar-refractivity contribution in [3.63, 3.8) is 0 Å². The van der Waals surface area contributed by atoms with Gasteiger partial charge in [0.25, 0.3) is 0 Å². The van der Waals surface area contributed by atoms with Gasteiger partial charge in [-0.05, 0) is 17.9 Å². The molecule has 1 aromatic carbocycles. The SMILES string of the molecule is CC(C)[C@H](O)C[C@@H](C)[Si](C)(C)c1ccccc1. The summed E-state index contributed by atoms with van der Waals surface area (Å²) in [5.74, 6) is 0.359. The Kier molecular flexibility index (Phi) is 4.96. The molecule has 0 aliphatic carbocycles. The largest absolute Gasteiger partial charge is 0.393 e. The molecule has 0 fully saturated rings. The Bertz CT molecular complexity index is 332. The van der Waals surface area contributed by atoms with E-state index in [1.165, 1.54) is 5.19 Å². The Morgan fingerprint density at radius 3 is 2.06 bits per heavy atom. The first-order valence-electron chi connectivity index (χ1n) is 6.59. The fourth-order valence-electron chi connectivity index (χ4n) is 2.08. The third-order valence-electron chi connectivity index (χ3n) is 4.11. The first-order valence-corrected chi connectivity index (χ1v) is 9.67. The molecule has 0 aliphatic rings. The molecule has 0 amide bonds. The first kappa shape index (κ1) is 14.5. The van der Waals surface area contributed by atoms with E-state index >= 15 is 0 Å². The molecule has 0 aliphatic heterocycles. The van der Waals surface area contributed by atoms with E-state index in [-0.39, 0.29) is 6.10 Å². The Morgan fingerprint density at radius 2 is 1.59 bits per heavy atom. The van der Waals surface area contributed by atoms with Crippen LogP contribution in [0.15, 0.2) is 30.3 Å². The van der Waals surface area contributed by atoms with E-state index in [2.05, 4.69) is 64.2 Å². The molecule has 0 spiro atoms. The number of aliphatic hydroxyl groups is 1. The molecule has 17 heavy (non-hydrogen) atoms. The molecule has 0 heterocycles. The van der Waals surface area contributed by atoms with Crippen LogP contribution in [0.4, 0.5) is 0 Å². The molecule has 0 radical (unpaired) electrons. The quantitative estimate of drug-likeness (QED) is 0.794. The summed E-state index contributed by atoms with van der Waals surface area (Å²) < 4.78 is 0. The molecule has 1 nitrogen and oxygen atoms in total. The summed E-state index contributed by atoms with van der Waals surface area (Å²) in [5, 5.41) is 11.5. The maximum absolute atomic E-state index is 10.0. The third-order valence-corrected chi connectivity index (χ3v) is 8.64. The minimum atomic E-state index is -1.45. The van der Waals surface area contributed by atoms with Crippen LogP contribution >= 0.6 is 0 Å². The van der Waals surface area contributed by atoms with Gasteiger partial charge in [-0.15, -0.1) is 0 Å². The van der Waals surface area contributed by atoms with Crippen LogP contribution in [-0.4, -0.2) is 19.3 Å². The lowest BCUT2D eigenvalue weighted by molar-refractivity contribution is 0.115. The molecular formula is C15H26OSi. The summed E-state index contributed by atoms with van der Waals surface area (Å²) >= 11 is 0. The van der Waals surface area contributed by atoms with Crippen LogP contribution < -0.4 is 5.19 Å². The summed E-state index contributed by atoms with van der Waals surface area (Å²) in [7, 11) is -1.45. The monoisotopic (exact) mass is 250 g/mol. The second kappa shape index (κ2) is 5.83. The van der Waals surface area contributed by atoms with Crippen molar-refractivity contribution in [2.75, 3.05) is 0 Å². The summed E-state index contributed by atoms with van der Waals surface area (Å²) in [6.45, 7) is 11.3. The van der Waals surface area contributed by atoms with Gasteiger partial charge in [0.1, 0.15) is 0 Å². The topological polar surface area (TPSA) is 20.2 Å². The van der Waals surface area contributed by atoms with Gasteiger partial charge < -0.3 is 5.11 Å². The van der Waals surface area contributed by atoms with E-state index in [9.17, 15) is 5.11 Å². The Morgan fingerprint density at radius 1 is 1.06 bits per heavy atom. The van der Waals surface area contributed by atoms with Crippen LogP contribution in [0, 0.1) is 5.92 Å². The fourth-order valence-corrected chi connectivity index (χ4v) is 4.53. The van der Waals surface area contributed by atoms with Gasteiger partial charge in [0.15, 0.2) is 0 Å². The zero-order valence-corrected chi connectivity index (χ0v) is 12.8. The van der Waals surface area contributed by atoms with E-state index in [0.29, 0.717) is 11.5 Å². The molecule has 1 aromatic rings. The van der Waals surface area contributed by atoms with Crippen molar-refractivity contribution in [1.82, 2.24) is 0 Å². The van der Waals surface area contributed by atoms with Gasteiger partial charge in [0, 0.05) is 0 Å². The van der Waals surface area contributed by atoms with Crippen molar-refractivity contribution in [2.24, 2.45) is 5.92 Å². The van der Waals surface area contributed by atoms with Crippen LogP contribution in [0.2, 0.25) is 18.6 Å².